The number of nitrogens with two attached hydrogens (primary N) is 1. The standard InChI is InChI=1S/C30H42N6O11S/c1-17(2)25(35-27(40)22(48(44,45)46)13-15-36-23(37)11-12-24(36)38)28(41)34-21(6-5-14-32-30(31)43)26(39)33-20-9-7-19(8-10-20)16-47-29(42)18(3)4/h7-12,17-18,21-22,25H,5-6,13-16H2,1-4H3,(H,33,39)(H,34,41)(H,35,40)(H3,31,32,43)(H,44,45,46)/t21-,22-,25-/m0/s1. The summed E-state index contributed by atoms with van der Waals surface area (Å²) in [6, 6.07) is 3.03. The number of benzene rings is 1. The Morgan fingerprint density at radius 1 is 0.896 bits per heavy atom. The zero-order valence-electron chi connectivity index (χ0n) is 27.1. The van der Waals surface area contributed by atoms with E-state index in [0.29, 0.717) is 16.2 Å². The van der Waals surface area contributed by atoms with E-state index in [0.717, 1.165) is 12.2 Å². The maximum atomic E-state index is 13.4. The van der Waals surface area contributed by atoms with Gasteiger partial charge in [-0.3, -0.25) is 38.2 Å². The van der Waals surface area contributed by atoms with Crippen molar-refractivity contribution in [2.45, 2.75) is 70.9 Å². The van der Waals surface area contributed by atoms with Crippen LogP contribution in [0.1, 0.15) is 52.5 Å². The second-order valence-electron chi connectivity index (χ2n) is 11.6. The number of urea groups is 1. The summed E-state index contributed by atoms with van der Waals surface area (Å²) in [5.74, 6) is -5.50. The zero-order valence-corrected chi connectivity index (χ0v) is 27.9. The Kier molecular flexibility index (Phi) is 14.7. The predicted molar refractivity (Wildman–Crippen MR) is 171 cm³/mol. The summed E-state index contributed by atoms with van der Waals surface area (Å²) in [6.45, 7) is 6.12. The van der Waals surface area contributed by atoms with Crippen LogP contribution in [-0.4, -0.2) is 89.8 Å². The first-order valence-corrected chi connectivity index (χ1v) is 16.6. The number of nitrogens with one attached hydrogen (secondary N) is 4. The Morgan fingerprint density at radius 3 is 2.02 bits per heavy atom. The fourth-order valence-corrected chi connectivity index (χ4v) is 5.12. The molecule has 0 saturated heterocycles. The van der Waals surface area contributed by atoms with Crippen LogP contribution in [0.4, 0.5) is 10.5 Å². The summed E-state index contributed by atoms with van der Waals surface area (Å²) < 4.78 is 39.1. The first kappa shape index (κ1) is 39.3. The highest BCUT2D eigenvalue weighted by molar-refractivity contribution is 7.87. The van der Waals surface area contributed by atoms with Gasteiger partial charge in [0.1, 0.15) is 18.7 Å². The van der Waals surface area contributed by atoms with Crippen molar-refractivity contribution in [1.82, 2.24) is 20.9 Å². The van der Waals surface area contributed by atoms with E-state index >= 15 is 0 Å². The number of imide groups is 1. The fourth-order valence-electron chi connectivity index (χ4n) is 4.38. The summed E-state index contributed by atoms with van der Waals surface area (Å²) >= 11 is 0. The van der Waals surface area contributed by atoms with Gasteiger partial charge in [0.2, 0.25) is 17.7 Å². The smallest absolute Gasteiger partial charge is 0.312 e. The highest BCUT2D eigenvalue weighted by atomic mass is 32.2. The normalized spacial score (nSPS) is 14.8. The van der Waals surface area contributed by atoms with Crippen molar-refractivity contribution in [2.24, 2.45) is 17.6 Å². The van der Waals surface area contributed by atoms with E-state index in [4.69, 9.17) is 10.5 Å². The summed E-state index contributed by atoms with van der Waals surface area (Å²) in [7, 11) is -5.04. The number of nitrogens with zero attached hydrogens (tertiary/aromatic N) is 1. The Bertz CT molecular complexity index is 1490. The summed E-state index contributed by atoms with van der Waals surface area (Å²) in [4.78, 5) is 87.0. The number of primary amides is 1. The van der Waals surface area contributed by atoms with Gasteiger partial charge >= 0.3 is 12.0 Å². The molecule has 48 heavy (non-hydrogen) atoms. The van der Waals surface area contributed by atoms with Crippen LogP contribution >= 0.6 is 0 Å². The number of carbonyl (C=O) groups is 7. The quantitative estimate of drug-likeness (QED) is 0.0514. The van der Waals surface area contributed by atoms with E-state index < -0.39 is 81.9 Å². The third-order valence-corrected chi connectivity index (χ3v) is 8.26. The molecule has 1 aromatic carbocycles. The maximum absolute atomic E-state index is 13.4. The average molecular weight is 695 g/mol. The molecule has 0 unspecified atom stereocenters. The van der Waals surface area contributed by atoms with Crippen LogP contribution in [0.15, 0.2) is 36.4 Å². The molecule has 0 saturated carbocycles. The molecule has 0 spiro atoms. The number of carbonyl (C=O) groups excluding carboxylic acids is 7. The van der Waals surface area contributed by atoms with Crippen LogP contribution < -0.4 is 27.0 Å². The minimum Gasteiger partial charge on any atom is -0.461 e. The van der Waals surface area contributed by atoms with Gasteiger partial charge in [-0.05, 0) is 42.9 Å². The van der Waals surface area contributed by atoms with Crippen molar-refractivity contribution >= 4 is 57.3 Å². The molecule has 264 valence electrons. The van der Waals surface area contributed by atoms with E-state index in [2.05, 4.69) is 21.3 Å². The minimum absolute atomic E-state index is 0.0133. The number of ether oxygens (including phenoxy) is 1. The molecule has 2 rings (SSSR count). The Morgan fingerprint density at radius 2 is 1.50 bits per heavy atom. The molecule has 1 aliphatic heterocycles. The van der Waals surface area contributed by atoms with Crippen LogP contribution in [0.5, 0.6) is 0 Å². The van der Waals surface area contributed by atoms with Crippen molar-refractivity contribution < 1.29 is 51.3 Å². The van der Waals surface area contributed by atoms with Crippen molar-refractivity contribution in [3.05, 3.63) is 42.0 Å². The molecular formula is C30H42N6O11S. The van der Waals surface area contributed by atoms with E-state index in [9.17, 15) is 46.5 Å². The largest absolute Gasteiger partial charge is 0.461 e. The lowest BCUT2D eigenvalue weighted by Crippen LogP contribution is -2.56. The van der Waals surface area contributed by atoms with Gasteiger partial charge in [0.05, 0.1) is 5.92 Å². The van der Waals surface area contributed by atoms with Crippen molar-refractivity contribution in [1.29, 1.82) is 0 Å². The molecule has 3 atom stereocenters. The topological polar surface area (TPSA) is 260 Å². The third kappa shape index (κ3) is 12.4. The molecule has 0 aromatic heterocycles. The molecule has 1 aromatic rings. The SMILES string of the molecule is CC(C)C(=O)OCc1ccc(NC(=O)[C@H](CCCNC(N)=O)NC(=O)[C@@H](NC(=O)[C@H](CCN2C(=O)C=CC2=O)S(=O)(=O)O)C(C)C)cc1. The Labute approximate surface area is 278 Å². The van der Waals surface area contributed by atoms with Gasteiger partial charge in [0.25, 0.3) is 21.9 Å². The molecule has 0 fully saturated rings. The zero-order chi connectivity index (χ0) is 36.2. The van der Waals surface area contributed by atoms with Crippen LogP contribution in [0.3, 0.4) is 0 Å². The molecule has 17 nitrogen and oxygen atoms in total. The number of hydrogen-bond acceptors (Lipinski definition) is 10. The third-order valence-electron chi connectivity index (χ3n) is 7.09. The lowest BCUT2D eigenvalue weighted by atomic mass is 10.0. The van der Waals surface area contributed by atoms with Gasteiger partial charge in [-0.15, -0.1) is 0 Å². The number of amides is 7. The second kappa shape index (κ2) is 17.9. The van der Waals surface area contributed by atoms with Gasteiger partial charge < -0.3 is 31.7 Å². The lowest BCUT2D eigenvalue weighted by molar-refractivity contribution is -0.148. The number of esters is 1. The Hall–Kier alpha value is -4.84. The van der Waals surface area contributed by atoms with Crippen molar-refractivity contribution in [3.8, 4) is 0 Å². The number of rotatable bonds is 18. The number of hydrogen-bond donors (Lipinski definition) is 6. The molecule has 7 amide bonds. The van der Waals surface area contributed by atoms with Crippen LogP contribution in [-0.2, 0) is 50.2 Å². The van der Waals surface area contributed by atoms with Gasteiger partial charge in [-0.2, -0.15) is 8.42 Å². The molecule has 18 heteroatoms. The second-order valence-corrected chi connectivity index (χ2v) is 13.2. The van der Waals surface area contributed by atoms with Crippen molar-refractivity contribution in [3.63, 3.8) is 0 Å². The van der Waals surface area contributed by atoms with Crippen molar-refractivity contribution in [2.75, 3.05) is 18.4 Å². The predicted octanol–water partition coefficient (Wildman–Crippen LogP) is -0.0301. The number of anilines is 1. The molecule has 1 aliphatic rings. The van der Waals surface area contributed by atoms with Gasteiger partial charge in [0.15, 0.2) is 5.25 Å². The molecule has 0 radical (unpaired) electrons. The maximum Gasteiger partial charge on any atom is 0.312 e. The monoisotopic (exact) mass is 694 g/mol. The highest BCUT2D eigenvalue weighted by Gasteiger charge is 2.37. The molecule has 1 heterocycles. The van der Waals surface area contributed by atoms with Gasteiger partial charge in [-0.25, -0.2) is 4.79 Å². The summed E-state index contributed by atoms with van der Waals surface area (Å²) in [5.41, 5.74) is 6.11. The fraction of sp³-hybridized carbons (Fsp3) is 0.500. The first-order chi connectivity index (χ1) is 22.4. The highest BCUT2D eigenvalue weighted by Crippen LogP contribution is 2.15. The molecular weight excluding hydrogens is 652 g/mol. The van der Waals surface area contributed by atoms with E-state index in [-0.39, 0.29) is 37.9 Å². The molecule has 7 N–H and O–H groups in total. The summed E-state index contributed by atoms with van der Waals surface area (Å²) in [5, 5.41) is 7.77. The van der Waals surface area contributed by atoms with E-state index in [1.807, 2.05) is 0 Å². The van der Waals surface area contributed by atoms with Crippen LogP contribution in [0, 0.1) is 11.8 Å². The van der Waals surface area contributed by atoms with Crippen LogP contribution in [0.2, 0.25) is 0 Å². The van der Waals surface area contributed by atoms with Gasteiger partial charge in [0, 0.05) is 30.9 Å². The van der Waals surface area contributed by atoms with E-state index in [1.54, 1.807) is 52.0 Å². The van der Waals surface area contributed by atoms with Crippen LogP contribution in [0.25, 0.3) is 0 Å². The van der Waals surface area contributed by atoms with E-state index in [1.165, 1.54) is 0 Å². The minimum atomic E-state index is -5.04. The molecule has 0 bridgehead atoms. The first-order valence-electron chi connectivity index (χ1n) is 15.1. The lowest BCUT2D eigenvalue weighted by Gasteiger charge is -2.27. The molecule has 0 aliphatic carbocycles. The Balaban J connectivity index is 2.16. The van der Waals surface area contributed by atoms with Gasteiger partial charge in [-0.1, -0.05) is 39.8 Å². The average Bonchev–Trinajstić information content (AvgIpc) is 3.32. The summed E-state index contributed by atoms with van der Waals surface area (Å²) in [6.07, 6.45) is 1.52.